The van der Waals surface area contributed by atoms with Gasteiger partial charge in [0.05, 0.1) is 16.5 Å². The molecule has 1 saturated heterocycles. The minimum absolute atomic E-state index is 0.0642. The molecule has 3 aromatic rings. The molecule has 1 unspecified atom stereocenters. The SMILES string of the molecule is O=C(CN(C(=O)Cn1nnc(-c2cccs2)n1)c1cccc(C(F)(F)F)c1)NCC1CCCO1. The molecule has 0 radical (unpaired) electrons. The van der Waals surface area contributed by atoms with Crippen LogP contribution in [0.15, 0.2) is 41.8 Å². The molecule has 34 heavy (non-hydrogen) atoms. The molecule has 180 valence electrons. The zero-order chi connectivity index (χ0) is 24.1. The van der Waals surface area contributed by atoms with Crippen LogP contribution in [0.2, 0.25) is 0 Å². The van der Waals surface area contributed by atoms with E-state index in [-0.39, 0.29) is 18.3 Å². The van der Waals surface area contributed by atoms with Crippen molar-refractivity contribution in [1.82, 2.24) is 25.5 Å². The maximum atomic E-state index is 13.2. The zero-order valence-corrected chi connectivity index (χ0v) is 18.7. The number of hydrogen-bond acceptors (Lipinski definition) is 7. The Labute approximate surface area is 196 Å². The maximum Gasteiger partial charge on any atom is 0.416 e. The summed E-state index contributed by atoms with van der Waals surface area (Å²) in [7, 11) is 0. The first kappa shape index (κ1) is 23.8. The number of alkyl halides is 3. The number of ether oxygens (including phenoxy) is 1. The highest BCUT2D eigenvalue weighted by molar-refractivity contribution is 7.13. The average Bonchev–Trinajstić information content (AvgIpc) is 3.58. The molecule has 1 aromatic carbocycles. The number of halogens is 3. The molecule has 4 rings (SSSR count). The molecule has 1 fully saturated rings. The topological polar surface area (TPSA) is 102 Å². The first-order valence-electron chi connectivity index (χ1n) is 10.5. The summed E-state index contributed by atoms with van der Waals surface area (Å²) in [6.07, 6.45) is -3.01. The molecule has 2 aromatic heterocycles. The first-order valence-corrected chi connectivity index (χ1v) is 11.3. The lowest BCUT2D eigenvalue weighted by Crippen LogP contribution is -2.44. The molecular formula is C21H21F3N6O3S. The number of rotatable bonds is 8. The van der Waals surface area contributed by atoms with Gasteiger partial charge in [-0.3, -0.25) is 9.59 Å². The summed E-state index contributed by atoms with van der Waals surface area (Å²) in [5.41, 5.74) is -0.993. The van der Waals surface area contributed by atoms with Crippen molar-refractivity contribution < 1.29 is 27.5 Å². The van der Waals surface area contributed by atoms with Crippen LogP contribution in [0, 0.1) is 0 Å². The Balaban J connectivity index is 1.51. The van der Waals surface area contributed by atoms with Gasteiger partial charge in [-0.05, 0) is 47.7 Å². The third kappa shape index (κ3) is 5.97. The van der Waals surface area contributed by atoms with Crippen molar-refractivity contribution in [2.45, 2.75) is 31.7 Å². The van der Waals surface area contributed by atoms with Gasteiger partial charge in [0.1, 0.15) is 13.1 Å². The molecule has 1 N–H and O–H groups in total. The Morgan fingerprint density at radius 2 is 2.12 bits per heavy atom. The molecular weight excluding hydrogens is 473 g/mol. The molecule has 9 nitrogen and oxygen atoms in total. The van der Waals surface area contributed by atoms with Crippen molar-refractivity contribution >= 4 is 28.8 Å². The van der Waals surface area contributed by atoms with E-state index in [1.165, 1.54) is 23.5 Å². The van der Waals surface area contributed by atoms with E-state index >= 15 is 0 Å². The number of carbonyl (C=O) groups excluding carboxylic acids is 2. The number of nitrogens with one attached hydrogen (secondary N) is 1. The maximum absolute atomic E-state index is 13.2. The Hall–Kier alpha value is -3.32. The number of aromatic nitrogens is 4. The van der Waals surface area contributed by atoms with Crippen molar-refractivity contribution in [1.29, 1.82) is 0 Å². The van der Waals surface area contributed by atoms with E-state index in [4.69, 9.17) is 4.74 Å². The number of anilines is 1. The molecule has 0 aliphatic carbocycles. The van der Waals surface area contributed by atoms with Gasteiger partial charge in [0.2, 0.25) is 11.7 Å². The highest BCUT2D eigenvalue weighted by Gasteiger charge is 2.32. The van der Waals surface area contributed by atoms with Gasteiger partial charge >= 0.3 is 6.18 Å². The molecule has 0 saturated carbocycles. The Morgan fingerprint density at radius 3 is 2.82 bits per heavy atom. The third-order valence-electron chi connectivity index (χ3n) is 5.11. The van der Waals surface area contributed by atoms with Gasteiger partial charge in [0.15, 0.2) is 0 Å². The van der Waals surface area contributed by atoms with Crippen LogP contribution in [0.25, 0.3) is 10.7 Å². The predicted octanol–water partition coefficient (Wildman–Crippen LogP) is 2.75. The number of thiophene rings is 1. The van der Waals surface area contributed by atoms with Gasteiger partial charge in [-0.2, -0.15) is 18.0 Å². The highest BCUT2D eigenvalue weighted by atomic mass is 32.1. The summed E-state index contributed by atoms with van der Waals surface area (Å²) in [6.45, 7) is -0.00100. The zero-order valence-electron chi connectivity index (χ0n) is 17.9. The van der Waals surface area contributed by atoms with Crippen LogP contribution >= 0.6 is 11.3 Å². The van der Waals surface area contributed by atoms with E-state index in [1.54, 1.807) is 6.07 Å². The predicted molar refractivity (Wildman–Crippen MR) is 117 cm³/mol. The normalized spacial score (nSPS) is 15.9. The van der Waals surface area contributed by atoms with Gasteiger partial charge in [-0.1, -0.05) is 12.1 Å². The van der Waals surface area contributed by atoms with Crippen molar-refractivity contribution in [3.8, 4) is 10.7 Å². The average molecular weight is 494 g/mol. The Bertz CT molecular complexity index is 1130. The van der Waals surface area contributed by atoms with Crippen LogP contribution in [0.3, 0.4) is 0 Å². The van der Waals surface area contributed by atoms with Crippen LogP contribution in [0.4, 0.5) is 18.9 Å². The van der Waals surface area contributed by atoms with E-state index in [0.29, 0.717) is 12.4 Å². The molecule has 13 heteroatoms. The van der Waals surface area contributed by atoms with Crippen LogP contribution < -0.4 is 10.2 Å². The number of tetrazole rings is 1. The molecule has 1 aliphatic rings. The van der Waals surface area contributed by atoms with Gasteiger partial charge in [-0.15, -0.1) is 21.5 Å². The summed E-state index contributed by atoms with van der Waals surface area (Å²) in [4.78, 5) is 28.4. The minimum Gasteiger partial charge on any atom is -0.376 e. The largest absolute Gasteiger partial charge is 0.416 e. The summed E-state index contributed by atoms with van der Waals surface area (Å²) >= 11 is 1.40. The Kier molecular flexibility index (Phi) is 7.22. The van der Waals surface area contributed by atoms with Crippen LogP contribution in [-0.4, -0.2) is 57.8 Å². The van der Waals surface area contributed by atoms with Gasteiger partial charge in [-0.25, -0.2) is 0 Å². The van der Waals surface area contributed by atoms with Gasteiger partial charge in [0.25, 0.3) is 5.91 Å². The number of hydrogen-bond donors (Lipinski definition) is 1. The second-order valence-electron chi connectivity index (χ2n) is 7.59. The second-order valence-corrected chi connectivity index (χ2v) is 8.54. The summed E-state index contributed by atoms with van der Waals surface area (Å²) in [5.74, 6) is -0.864. The number of benzene rings is 1. The number of carbonyl (C=O) groups is 2. The van der Waals surface area contributed by atoms with E-state index < -0.39 is 36.6 Å². The molecule has 0 spiro atoms. The third-order valence-corrected chi connectivity index (χ3v) is 5.98. The fourth-order valence-corrected chi connectivity index (χ4v) is 4.08. The van der Waals surface area contributed by atoms with Crippen molar-refractivity contribution in [2.24, 2.45) is 0 Å². The van der Waals surface area contributed by atoms with E-state index in [0.717, 1.165) is 39.5 Å². The second kappa shape index (κ2) is 10.3. The summed E-state index contributed by atoms with van der Waals surface area (Å²) in [5, 5.41) is 16.4. The van der Waals surface area contributed by atoms with Gasteiger partial charge < -0.3 is 15.0 Å². The van der Waals surface area contributed by atoms with Crippen molar-refractivity contribution in [3.63, 3.8) is 0 Å². The van der Waals surface area contributed by atoms with Crippen LogP contribution in [0.1, 0.15) is 18.4 Å². The molecule has 0 bridgehead atoms. The van der Waals surface area contributed by atoms with Crippen molar-refractivity contribution in [3.05, 3.63) is 47.3 Å². The summed E-state index contributed by atoms with van der Waals surface area (Å²) in [6, 6.07) is 7.86. The molecule has 2 amide bonds. The standard InChI is InChI=1S/C21H21F3N6O3S/c22-21(23,24)14-4-1-5-15(10-14)29(12-18(31)25-11-16-6-2-8-33-16)19(32)13-30-27-20(26-28-30)17-7-3-9-34-17/h1,3-5,7,9-10,16H,2,6,8,11-13H2,(H,25,31). The monoisotopic (exact) mass is 494 g/mol. The fourth-order valence-electron chi connectivity index (χ4n) is 3.43. The quantitative estimate of drug-likeness (QED) is 0.517. The molecule has 3 heterocycles. The Morgan fingerprint density at radius 1 is 1.26 bits per heavy atom. The number of nitrogens with zero attached hydrogens (tertiary/aromatic N) is 5. The van der Waals surface area contributed by atoms with Crippen molar-refractivity contribution in [2.75, 3.05) is 24.6 Å². The fraction of sp³-hybridized carbons (Fsp3) is 0.381. The van der Waals surface area contributed by atoms with E-state index in [1.807, 2.05) is 11.4 Å². The van der Waals surface area contributed by atoms with Gasteiger partial charge in [0, 0.05) is 18.8 Å². The van der Waals surface area contributed by atoms with Crippen LogP contribution in [0.5, 0.6) is 0 Å². The molecule has 1 aliphatic heterocycles. The molecule has 1 atom stereocenters. The minimum atomic E-state index is -4.60. The highest BCUT2D eigenvalue weighted by Crippen LogP contribution is 2.31. The number of amides is 2. The summed E-state index contributed by atoms with van der Waals surface area (Å²) < 4.78 is 45.2. The van der Waals surface area contributed by atoms with E-state index in [9.17, 15) is 22.8 Å². The smallest absolute Gasteiger partial charge is 0.376 e. The van der Waals surface area contributed by atoms with E-state index in [2.05, 4.69) is 20.7 Å². The lowest BCUT2D eigenvalue weighted by atomic mass is 10.1. The van der Waals surface area contributed by atoms with Crippen LogP contribution in [-0.2, 0) is 27.0 Å². The lowest BCUT2D eigenvalue weighted by molar-refractivity contribution is -0.137. The first-order chi connectivity index (χ1) is 16.3. The lowest BCUT2D eigenvalue weighted by Gasteiger charge is -2.23.